The van der Waals surface area contributed by atoms with Gasteiger partial charge in [-0.15, -0.1) is 0 Å². The van der Waals surface area contributed by atoms with Crippen LogP contribution in [0, 0.1) is 0 Å². The minimum Gasteiger partial charge on any atom is -0.368 e. The second-order valence-corrected chi connectivity index (χ2v) is 4.27. The molecule has 1 aromatic carbocycles. The normalized spacial score (nSPS) is 17.4. The number of carbonyl (C=O) groups excluding carboxylic acids is 1. The van der Waals surface area contributed by atoms with Gasteiger partial charge in [-0.05, 0) is 30.5 Å². The fourth-order valence-corrected chi connectivity index (χ4v) is 1.71. The maximum Gasteiger partial charge on any atom is 0.239 e. The summed E-state index contributed by atoms with van der Waals surface area (Å²) in [5.74, 6) is -0.357. The summed E-state index contributed by atoms with van der Waals surface area (Å²) in [6.45, 7) is 0. The fourth-order valence-electron chi connectivity index (χ4n) is 1.51. The van der Waals surface area contributed by atoms with Gasteiger partial charge in [-0.25, -0.2) is 0 Å². The number of hydrogen-bond acceptors (Lipinski definition) is 2. The van der Waals surface area contributed by atoms with E-state index in [1.165, 1.54) is 0 Å². The lowest BCUT2D eigenvalue weighted by molar-refractivity contribution is -0.120. The molecule has 1 aromatic rings. The summed E-state index contributed by atoms with van der Waals surface area (Å²) in [5.41, 5.74) is 6.19. The van der Waals surface area contributed by atoms with Crippen LogP contribution in [0.1, 0.15) is 24.4 Å². The highest BCUT2D eigenvalue weighted by molar-refractivity contribution is 6.30. The molecule has 80 valence electrons. The summed E-state index contributed by atoms with van der Waals surface area (Å²) in [5, 5.41) is 3.82. The molecule has 0 bridgehead atoms. The van der Waals surface area contributed by atoms with Crippen molar-refractivity contribution in [2.45, 2.75) is 24.9 Å². The van der Waals surface area contributed by atoms with Crippen LogP contribution >= 0.6 is 11.6 Å². The zero-order valence-corrected chi connectivity index (χ0v) is 9.00. The minimum absolute atomic E-state index is 0.357. The summed E-state index contributed by atoms with van der Waals surface area (Å²) < 4.78 is 0. The van der Waals surface area contributed by atoms with Gasteiger partial charge in [-0.2, -0.15) is 0 Å². The molecule has 15 heavy (non-hydrogen) atoms. The van der Waals surface area contributed by atoms with Gasteiger partial charge in [0.15, 0.2) is 0 Å². The van der Waals surface area contributed by atoms with Gasteiger partial charge in [0.1, 0.15) is 6.04 Å². The molecule has 3 N–H and O–H groups in total. The first-order valence-electron chi connectivity index (χ1n) is 4.97. The van der Waals surface area contributed by atoms with Crippen molar-refractivity contribution >= 4 is 17.5 Å². The molecule has 0 radical (unpaired) electrons. The number of amides is 1. The Kier molecular flexibility index (Phi) is 2.93. The molecule has 0 spiro atoms. The predicted octanol–water partition coefficient (Wildman–Crippen LogP) is 1.62. The van der Waals surface area contributed by atoms with Crippen LogP contribution in [-0.4, -0.2) is 11.9 Å². The van der Waals surface area contributed by atoms with Crippen molar-refractivity contribution in [2.24, 2.45) is 5.73 Å². The minimum atomic E-state index is -0.420. The Morgan fingerprint density at radius 1 is 1.53 bits per heavy atom. The third-order valence-corrected chi connectivity index (χ3v) is 2.68. The standard InChI is InChI=1S/C11H13ClN2O/c12-8-3-1-2-7(6-8)10(11(13)15)14-9-4-5-9/h1-3,6,9-10,14H,4-5H2,(H2,13,15). The van der Waals surface area contributed by atoms with Crippen molar-refractivity contribution in [3.05, 3.63) is 34.9 Å². The van der Waals surface area contributed by atoms with Gasteiger partial charge in [0.2, 0.25) is 5.91 Å². The van der Waals surface area contributed by atoms with Crippen molar-refractivity contribution in [3.63, 3.8) is 0 Å². The summed E-state index contributed by atoms with van der Waals surface area (Å²) in [4.78, 5) is 11.3. The maximum atomic E-state index is 11.3. The Labute approximate surface area is 93.6 Å². The van der Waals surface area contributed by atoms with E-state index in [-0.39, 0.29) is 5.91 Å². The van der Waals surface area contributed by atoms with E-state index >= 15 is 0 Å². The van der Waals surface area contributed by atoms with Gasteiger partial charge in [0.05, 0.1) is 0 Å². The van der Waals surface area contributed by atoms with E-state index in [2.05, 4.69) is 5.32 Å². The Balaban J connectivity index is 2.18. The van der Waals surface area contributed by atoms with Gasteiger partial charge in [0.25, 0.3) is 0 Å². The molecule has 4 heteroatoms. The molecular weight excluding hydrogens is 212 g/mol. The summed E-state index contributed by atoms with van der Waals surface area (Å²) >= 11 is 5.87. The maximum absolute atomic E-state index is 11.3. The van der Waals surface area contributed by atoms with Crippen LogP contribution in [0.4, 0.5) is 0 Å². The molecular formula is C11H13ClN2O. The average Bonchev–Trinajstić information content (AvgIpc) is 2.97. The van der Waals surface area contributed by atoms with Gasteiger partial charge < -0.3 is 5.73 Å². The fraction of sp³-hybridized carbons (Fsp3) is 0.364. The smallest absolute Gasteiger partial charge is 0.239 e. The van der Waals surface area contributed by atoms with E-state index < -0.39 is 6.04 Å². The summed E-state index contributed by atoms with van der Waals surface area (Å²) in [6.07, 6.45) is 2.23. The van der Waals surface area contributed by atoms with Crippen LogP contribution in [0.2, 0.25) is 5.02 Å². The predicted molar refractivity (Wildman–Crippen MR) is 59.5 cm³/mol. The van der Waals surface area contributed by atoms with Crippen molar-refractivity contribution < 1.29 is 4.79 Å². The third-order valence-electron chi connectivity index (χ3n) is 2.45. The number of carbonyl (C=O) groups is 1. The first kappa shape index (κ1) is 10.5. The third kappa shape index (κ3) is 2.70. The molecule has 0 heterocycles. The molecule has 0 aromatic heterocycles. The molecule has 3 nitrogen and oxygen atoms in total. The lowest BCUT2D eigenvalue weighted by Gasteiger charge is -2.15. The van der Waals surface area contributed by atoms with E-state index in [0.29, 0.717) is 11.1 Å². The van der Waals surface area contributed by atoms with E-state index in [9.17, 15) is 4.79 Å². The number of nitrogens with one attached hydrogen (secondary N) is 1. The van der Waals surface area contributed by atoms with Crippen LogP contribution in [0.3, 0.4) is 0 Å². The lowest BCUT2D eigenvalue weighted by Crippen LogP contribution is -2.34. The molecule has 1 atom stereocenters. The van der Waals surface area contributed by atoms with Crippen LogP contribution < -0.4 is 11.1 Å². The van der Waals surface area contributed by atoms with Crippen molar-refractivity contribution in [1.82, 2.24) is 5.32 Å². The van der Waals surface area contributed by atoms with Crippen LogP contribution in [-0.2, 0) is 4.79 Å². The highest BCUT2D eigenvalue weighted by Gasteiger charge is 2.28. The lowest BCUT2D eigenvalue weighted by atomic mass is 10.1. The Morgan fingerprint density at radius 2 is 2.27 bits per heavy atom. The zero-order valence-electron chi connectivity index (χ0n) is 8.24. The van der Waals surface area contributed by atoms with Crippen LogP contribution in [0.25, 0.3) is 0 Å². The second kappa shape index (κ2) is 4.21. The highest BCUT2D eigenvalue weighted by Crippen LogP contribution is 2.25. The van der Waals surface area contributed by atoms with E-state index in [0.717, 1.165) is 18.4 Å². The second-order valence-electron chi connectivity index (χ2n) is 3.83. The van der Waals surface area contributed by atoms with Crippen LogP contribution in [0.5, 0.6) is 0 Å². The largest absolute Gasteiger partial charge is 0.368 e. The number of nitrogens with two attached hydrogens (primary N) is 1. The molecule has 1 saturated carbocycles. The molecule has 1 aliphatic carbocycles. The first-order chi connectivity index (χ1) is 7.16. The molecule has 1 unspecified atom stereocenters. The van der Waals surface area contributed by atoms with Crippen LogP contribution in [0.15, 0.2) is 24.3 Å². The van der Waals surface area contributed by atoms with Gasteiger partial charge >= 0.3 is 0 Å². The van der Waals surface area contributed by atoms with Gasteiger partial charge in [0, 0.05) is 11.1 Å². The summed E-state index contributed by atoms with van der Waals surface area (Å²) in [7, 11) is 0. The Bertz CT molecular complexity index is 377. The van der Waals surface area contributed by atoms with Crippen molar-refractivity contribution in [1.29, 1.82) is 0 Å². The molecule has 1 amide bonds. The van der Waals surface area contributed by atoms with Crippen molar-refractivity contribution in [2.75, 3.05) is 0 Å². The number of rotatable bonds is 4. The molecule has 0 aliphatic heterocycles. The molecule has 2 rings (SSSR count). The zero-order chi connectivity index (χ0) is 10.8. The molecule has 1 fully saturated rings. The number of halogens is 1. The number of primary amides is 1. The summed E-state index contributed by atoms with van der Waals surface area (Å²) in [6, 6.07) is 7.24. The van der Waals surface area contributed by atoms with Gasteiger partial charge in [-0.1, -0.05) is 23.7 Å². The number of benzene rings is 1. The average molecular weight is 225 g/mol. The monoisotopic (exact) mass is 224 g/mol. The Hall–Kier alpha value is -1.06. The van der Waals surface area contributed by atoms with E-state index in [1.54, 1.807) is 12.1 Å². The van der Waals surface area contributed by atoms with E-state index in [4.69, 9.17) is 17.3 Å². The molecule has 1 aliphatic rings. The highest BCUT2D eigenvalue weighted by atomic mass is 35.5. The number of hydrogen-bond donors (Lipinski definition) is 2. The Morgan fingerprint density at radius 3 is 2.80 bits per heavy atom. The quantitative estimate of drug-likeness (QED) is 0.817. The SMILES string of the molecule is NC(=O)C(NC1CC1)c1cccc(Cl)c1. The van der Waals surface area contributed by atoms with E-state index in [1.807, 2.05) is 12.1 Å². The topological polar surface area (TPSA) is 55.1 Å². The first-order valence-corrected chi connectivity index (χ1v) is 5.35. The van der Waals surface area contributed by atoms with Gasteiger partial charge in [-0.3, -0.25) is 10.1 Å². The van der Waals surface area contributed by atoms with Crippen molar-refractivity contribution in [3.8, 4) is 0 Å². The molecule has 0 saturated heterocycles.